The van der Waals surface area contributed by atoms with E-state index in [0.717, 1.165) is 36.2 Å². The quantitative estimate of drug-likeness (QED) is 0.798. The van der Waals surface area contributed by atoms with Crippen molar-refractivity contribution in [2.75, 3.05) is 11.2 Å². The molecule has 1 N–H and O–H groups in total. The monoisotopic (exact) mass is 319 g/mol. The third kappa shape index (κ3) is 3.47. The number of benzene rings is 1. The summed E-state index contributed by atoms with van der Waals surface area (Å²) in [5.41, 5.74) is 3.43. The van der Waals surface area contributed by atoms with E-state index in [1.807, 2.05) is 18.2 Å². The average Bonchev–Trinajstić information content (AvgIpc) is 3.06. The summed E-state index contributed by atoms with van der Waals surface area (Å²) < 4.78 is 0. The molecule has 0 radical (unpaired) electrons. The molecule has 110 valence electrons. The maximum absolute atomic E-state index is 12.3. The molecule has 21 heavy (non-hydrogen) atoms. The van der Waals surface area contributed by atoms with Crippen LogP contribution in [-0.2, 0) is 19.3 Å². The van der Waals surface area contributed by atoms with E-state index < -0.39 is 0 Å². The zero-order chi connectivity index (χ0) is 14.7. The highest BCUT2D eigenvalue weighted by molar-refractivity contribution is 7.14. The van der Waals surface area contributed by atoms with Crippen LogP contribution in [0, 0.1) is 0 Å². The van der Waals surface area contributed by atoms with Crippen LogP contribution in [0.5, 0.6) is 0 Å². The number of halogens is 1. The molecule has 2 nitrogen and oxygen atoms in total. The van der Waals surface area contributed by atoms with Crippen molar-refractivity contribution in [3.05, 3.63) is 51.2 Å². The molecule has 0 saturated heterocycles. The molecule has 1 heterocycles. The second-order valence-electron chi connectivity index (χ2n) is 5.36. The van der Waals surface area contributed by atoms with Gasteiger partial charge in [0.05, 0.1) is 4.88 Å². The number of anilines is 1. The minimum atomic E-state index is 0.00360. The molecular weight excluding hydrogens is 302 g/mol. The van der Waals surface area contributed by atoms with E-state index in [1.165, 1.54) is 22.4 Å². The molecule has 0 unspecified atom stereocenters. The Morgan fingerprint density at radius 3 is 3.00 bits per heavy atom. The maximum Gasteiger partial charge on any atom is 0.265 e. The van der Waals surface area contributed by atoms with E-state index in [2.05, 4.69) is 17.4 Å². The Hall–Kier alpha value is -1.32. The van der Waals surface area contributed by atoms with Gasteiger partial charge in [0.2, 0.25) is 0 Å². The van der Waals surface area contributed by atoms with Crippen LogP contribution in [0.4, 0.5) is 5.69 Å². The lowest BCUT2D eigenvalue weighted by Crippen LogP contribution is -2.10. The Kier molecular flexibility index (Phi) is 4.61. The van der Waals surface area contributed by atoms with Gasteiger partial charge in [0.15, 0.2) is 0 Å². The van der Waals surface area contributed by atoms with Gasteiger partial charge >= 0.3 is 0 Å². The number of rotatable bonds is 5. The molecule has 0 bridgehead atoms. The summed E-state index contributed by atoms with van der Waals surface area (Å²) in [6.45, 7) is 0. The number of hydrogen-bond donors (Lipinski definition) is 1. The Morgan fingerprint density at radius 1 is 1.29 bits per heavy atom. The van der Waals surface area contributed by atoms with E-state index in [-0.39, 0.29) is 5.91 Å². The zero-order valence-electron chi connectivity index (χ0n) is 11.8. The van der Waals surface area contributed by atoms with Gasteiger partial charge < -0.3 is 5.32 Å². The van der Waals surface area contributed by atoms with Crippen molar-refractivity contribution in [3.63, 3.8) is 0 Å². The van der Waals surface area contributed by atoms with Crippen molar-refractivity contribution in [2.45, 2.75) is 32.1 Å². The number of fused-ring (bicyclic) bond motifs is 1. The van der Waals surface area contributed by atoms with E-state index in [9.17, 15) is 4.79 Å². The van der Waals surface area contributed by atoms with Crippen molar-refractivity contribution < 1.29 is 4.79 Å². The number of hydrogen-bond acceptors (Lipinski definition) is 2. The van der Waals surface area contributed by atoms with Gasteiger partial charge in [0, 0.05) is 16.4 Å². The van der Waals surface area contributed by atoms with Crippen LogP contribution in [0.15, 0.2) is 30.3 Å². The fourth-order valence-electron chi connectivity index (χ4n) is 2.71. The Labute approximate surface area is 134 Å². The van der Waals surface area contributed by atoms with E-state index in [1.54, 1.807) is 11.3 Å². The fraction of sp³-hybridized carbons (Fsp3) is 0.353. The fourth-order valence-corrected chi connectivity index (χ4v) is 3.99. The summed E-state index contributed by atoms with van der Waals surface area (Å²) in [7, 11) is 0. The Bertz CT molecular complexity index is 628. The predicted molar refractivity (Wildman–Crippen MR) is 89.8 cm³/mol. The van der Waals surface area contributed by atoms with Crippen LogP contribution >= 0.6 is 22.9 Å². The molecule has 1 aromatic heterocycles. The maximum atomic E-state index is 12.3. The molecule has 2 aromatic rings. The molecule has 1 aliphatic carbocycles. The van der Waals surface area contributed by atoms with Gasteiger partial charge in [-0.05, 0) is 61.4 Å². The summed E-state index contributed by atoms with van der Waals surface area (Å²) >= 11 is 7.36. The molecule has 4 heteroatoms. The predicted octanol–water partition coefficient (Wildman–Crippen LogP) is 4.66. The van der Waals surface area contributed by atoms with Gasteiger partial charge in [-0.1, -0.05) is 12.1 Å². The molecule has 3 rings (SSSR count). The molecule has 0 atom stereocenters. The van der Waals surface area contributed by atoms with E-state index in [4.69, 9.17) is 11.6 Å². The summed E-state index contributed by atoms with van der Waals surface area (Å²) in [5.74, 6) is 0.668. The lowest BCUT2D eigenvalue weighted by Gasteiger charge is -2.06. The van der Waals surface area contributed by atoms with Gasteiger partial charge in [0.1, 0.15) is 0 Å². The molecule has 1 aliphatic rings. The van der Waals surface area contributed by atoms with Crippen LogP contribution in [0.25, 0.3) is 0 Å². The van der Waals surface area contributed by atoms with E-state index in [0.29, 0.717) is 5.88 Å². The normalized spacial score (nSPS) is 13.2. The van der Waals surface area contributed by atoms with Crippen LogP contribution in [-0.4, -0.2) is 11.8 Å². The molecule has 0 spiro atoms. The van der Waals surface area contributed by atoms with E-state index >= 15 is 0 Å². The Balaban J connectivity index is 1.69. The molecular formula is C17H18ClNOS. The van der Waals surface area contributed by atoms with Gasteiger partial charge in [-0.25, -0.2) is 0 Å². The highest BCUT2D eigenvalue weighted by Gasteiger charge is 2.18. The number of nitrogens with one attached hydrogen (secondary N) is 1. The smallest absolute Gasteiger partial charge is 0.265 e. The van der Waals surface area contributed by atoms with Gasteiger partial charge in [0.25, 0.3) is 5.91 Å². The summed E-state index contributed by atoms with van der Waals surface area (Å²) in [5, 5.41) is 3.00. The summed E-state index contributed by atoms with van der Waals surface area (Å²) in [6.07, 6.45) is 5.37. The van der Waals surface area contributed by atoms with Crippen molar-refractivity contribution in [2.24, 2.45) is 0 Å². The number of aryl methyl sites for hydroxylation is 3. The number of alkyl halides is 1. The third-order valence-electron chi connectivity index (χ3n) is 3.75. The first-order chi connectivity index (χ1) is 10.3. The molecule has 0 saturated carbocycles. The van der Waals surface area contributed by atoms with Crippen LogP contribution in [0.2, 0.25) is 0 Å². The standard InChI is InChI=1S/C17H18ClNOS/c18-9-3-5-12-4-1-7-14(10-12)19-17(20)16-11-13-6-2-8-15(13)21-16/h1,4,7,10-11H,2-3,5-6,8-9H2,(H,19,20). The molecule has 0 aliphatic heterocycles. The number of thiophene rings is 1. The first kappa shape index (κ1) is 14.6. The summed E-state index contributed by atoms with van der Waals surface area (Å²) in [6, 6.07) is 10.1. The number of carbonyl (C=O) groups is 1. The van der Waals surface area contributed by atoms with Crippen LogP contribution in [0.1, 0.15) is 38.5 Å². The van der Waals surface area contributed by atoms with Gasteiger partial charge in [-0.3, -0.25) is 4.79 Å². The molecule has 0 fully saturated rings. The average molecular weight is 320 g/mol. The SMILES string of the molecule is O=C(Nc1cccc(CCCCl)c1)c1cc2c(s1)CCC2. The summed E-state index contributed by atoms with van der Waals surface area (Å²) in [4.78, 5) is 14.5. The van der Waals surface area contributed by atoms with Crippen LogP contribution < -0.4 is 5.32 Å². The van der Waals surface area contributed by atoms with Crippen molar-refractivity contribution >= 4 is 34.5 Å². The Morgan fingerprint density at radius 2 is 2.19 bits per heavy atom. The molecule has 1 aromatic carbocycles. The lowest BCUT2D eigenvalue weighted by atomic mass is 10.1. The minimum absolute atomic E-state index is 0.00360. The lowest BCUT2D eigenvalue weighted by molar-refractivity contribution is 0.103. The van der Waals surface area contributed by atoms with Gasteiger partial charge in [-0.2, -0.15) is 0 Å². The molecule has 1 amide bonds. The largest absolute Gasteiger partial charge is 0.321 e. The second-order valence-corrected chi connectivity index (χ2v) is 6.87. The highest BCUT2D eigenvalue weighted by atomic mass is 35.5. The number of carbonyl (C=O) groups excluding carboxylic acids is 1. The first-order valence-electron chi connectivity index (χ1n) is 7.34. The van der Waals surface area contributed by atoms with Crippen molar-refractivity contribution in [1.82, 2.24) is 0 Å². The minimum Gasteiger partial charge on any atom is -0.321 e. The zero-order valence-corrected chi connectivity index (χ0v) is 13.4. The highest BCUT2D eigenvalue weighted by Crippen LogP contribution is 2.31. The second kappa shape index (κ2) is 6.63. The third-order valence-corrected chi connectivity index (χ3v) is 5.26. The number of amides is 1. The van der Waals surface area contributed by atoms with Gasteiger partial charge in [-0.15, -0.1) is 22.9 Å². The van der Waals surface area contributed by atoms with Crippen molar-refractivity contribution in [3.8, 4) is 0 Å². The first-order valence-corrected chi connectivity index (χ1v) is 8.69. The van der Waals surface area contributed by atoms with Crippen molar-refractivity contribution in [1.29, 1.82) is 0 Å². The topological polar surface area (TPSA) is 29.1 Å². The van der Waals surface area contributed by atoms with Crippen LogP contribution in [0.3, 0.4) is 0 Å².